The predicted molar refractivity (Wildman–Crippen MR) is 49.2 cm³/mol. The Hall–Kier alpha value is -0.870. The molecule has 3 N–H and O–H groups in total. The minimum Gasteiger partial charge on any atom is -0.394 e. The molecular formula is C9H15N3O. The van der Waals surface area contributed by atoms with Gasteiger partial charge in [-0.15, -0.1) is 0 Å². The van der Waals surface area contributed by atoms with Crippen LogP contribution in [0, 0.1) is 0 Å². The van der Waals surface area contributed by atoms with E-state index in [0.717, 1.165) is 24.5 Å². The second-order valence-electron chi connectivity index (χ2n) is 3.50. The Labute approximate surface area is 77.4 Å². The van der Waals surface area contributed by atoms with E-state index >= 15 is 0 Å². The zero-order valence-corrected chi connectivity index (χ0v) is 7.61. The number of aryl methyl sites for hydroxylation is 1. The highest BCUT2D eigenvalue weighted by Gasteiger charge is 2.17. The van der Waals surface area contributed by atoms with Crippen molar-refractivity contribution in [3.05, 3.63) is 17.7 Å². The second kappa shape index (κ2) is 3.47. The Bertz CT molecular complexity index is 295. The Morgan fingerprint density at radius 1 is 1.62 bits per heavy atom. The van der Waals surface area contributed by atoms with E-state index in [-0.39, 0.29) is 12.6 Å². The normalized spacial score (nSPS) is 18.3. The van der Waals surface area contributed by atoms with Gasteiger partial charge in [0.05, 0.1) is 24.5 Å². The summed E-state index contributed by atoms with van der Waals surface area (Å²) < 4.78 is 2.14. The third-order valence-corrected chi connectivity index (χ3v) is 2.58. The first kappa shape index (κ1) is 8.72. The number of imidazole rings is 1. The summed E-state index contributed by atoms with van der Waals surface area (Å²) in [5.41, 5.74) is 6.72. The highest BCUT2D eigenvalue weighted by molar-refractivity contribution is 5.11. The fourth-order valence-corrected chi connectivity index (χ4v) is 1.83. The Morgan fingerprint density at radius 3 is 3.23 bits per heavy atom. The summed E-state index contributed by atoms with van der Waals surface area (Å²) >= 11 is 0. The number of hydrogen-bond acceptors (Lipinski definition) is 3. The van der Waals surface area contributed by atoms with Gasteiger partial charge in [-0.25, -0.2) is 4.98 Å². The summed E-state index contributed by atoms with van der Waals surface area (Å²) in [7, 11) is 0. The van der Waals surface area contributed by atoms with Crippen LogP contribution < -0.4 is 5.73 Å². The van der Waals surface area contributed by atoms with E-state index < -0.39 is 0 Å². The molecule has 1 unspecified atom stereocenters. The van der Waals surface area contributed by atoms with Gasteiger partial charge in [0.1, 0.15) is 5.82 Å². The smallest absolute Gasteiger partial charge is 0.108 e. The molecule has 4 nitrogen and oxygen atoms in total. The number of aromatic nitrogens is 2. The van der Waals surface area contributed by atoms with Gasteiger partial charge in [-0.1, -0.05) is 0 Å². The van der Waals surface area contributed by atoms with Gasteiger partial charge >= 0.3 is 0 Å². The molecule has 0 bridgehead atoms. The Balaban J connectivity index is 2.31. The molecule has 0 fully saturated rings. The zero-order valence-electron chi connectivity index (χ0n) is 7.61. The van der Waals surface area contributed by atoms with Gasteiger partial charge in [-0.05, 0) is 12.8 Å². The van der Waals surface area contributed by atoms with Crippen LogP contribution in [0.25, 0.3) is 0 Å². The first-order valence-electron chi connectivity index (χ1n) is 4.73. The fraction of sp³-hybridized carbons (Fsp3) is 0.667. The molecular weight excluding hydrogens is 166 g/mol. The summed E-state index contributed by atoms with van der Waals surface area (Å²) in [4.78, 5) is 4.30. The lowest BCUT2D eigenvalue weighted by Gasteiger charge is -2.18. The topological polar surface area (TPSA) is 64.1 Å². The number of nitrogens with zero attached hydrogens (tertiary/aromatic N) is 2. The molecule has 1 atom stereocenters. The van der Waals surface area contributed by atoms with E-state index in [1.54, 1.807) is 6.20 Å². The first-order chi connectivity index (χ1) is 6.33. The van der Waals surface area contributed by atoms with Crippen molar-refractivity contribution in [1.82, 2.24) is 9.55 Å². The molecule has 0 saturated heterocycles. The summed E-state index contributed by atoms with van der Waals surface area (Å²) in [5.74, 6) is 1.12. The van der Waals surface area contributed by atoms with Gasteiger partial charge < -0.3 is 15.4 Å². The molecule has 1 aliphatic rings. The minimum absolute atomic E-state index is 0.00880. The van der Waals surface area contributed by atoms with Gasteiger partial charge in [-0.3, -0.25) is 0 Å². The third-order valence-electron chi connectivity index (χ3n) is 2.58. The molecule has 0 amide bonds. The maximum atomic E-state index is 8.94. The van der Waals surface area contributed by atoms with Gasteiger partial charge in [0.15, 0.2) is 0 Å². The van der Waals surface area contributed by atoms with Crippen molar-refractivity contribution in [2.75, 3.05) is 6.61 Å². The van der Waals surface area contributed by atoms with Crippen molar-refractivity contribution in [2.45, 2.75) is 31.8 Å². The van der Waals surface area contributed by atoms with E-state index in [9.17, 15) is 0 Å². The largest absolute Gasteiger partial charge is 0.394 e. The van der Waals surface area contributed by atoms with Crippen LogP contribution >= 0.6 is 0 Å². The molecule has 0 aromatic carbocycles. The predicted octanol–water partition coefficient (Wildman–Crippen LogP) is 0.211. The Kier molecular flexibility index (Phi) is 2.33. The lowest BCUT2D eigenvalue weighted by molar-refractivity contribution is 0.262. The van der Waals surface area contributed by atoms with Gasteiger partial charge in [-0.2, -0.15) is 0 Å². The van der Waals surface area contributed by atoms with Gasteiger partial charge in [0.25, 0.3) is 0 Å². The quantitative estimate of drug-likeness (QED) is 0.685. The van der Waals surface area contributed by atoms with Crippen LogP contribution in [0.15, 0.2) is 6.20 Å². The minimum atomic E-state index is -0.278. The van der Waals surface area contributed by atoms with Crippen LogP contribution in [0.2, 0.25) is 0 Å². The summed E-state index contributed by atoms with van der Waals surface area (Å²) in [6.07, 6.45) is 5.24. The average Bonchev–Trinajstić information content (AvgIpc) is 2.60. The highest BCUT2D eigenvalue weighted by Crippen LogP contribution is 2.19. The zero-order chi connectivity index (χ0) is 9.26. The van der Waals surface area contributed by atoms with Crippen molar-refractivity contribution in [2.24, 2.45) is 5.73 Å². The standard InChI is InChI=1S/C9H15N3O/c10-7(6-13)8-5-11-9-3-1-2-4-12(8)9/h5,7,13H,1-4,6,10H2. The van der Waals surface area contributed by atoms with Crippen LogP contribution in [-0.2, 0) is 13.0 Å². The monoisotopic (exact) mass is 181 g/mol. The van der Waals surface area contributed by atoms with Gasteiger partial charge in [0.2, 0.25) is 0 Å². The molecule has 0 aliphatic carbocycles. The SMILES string of the molecule is NC(CO)c1cnc2n1CCCC2. The molecule has 13 heavy (non-hydrogen) atoms. The molecule has 2 rings (SSSR count). The van der Waals surface area contributed by atoms with E-state index in [1.165, 1.54) is 12.8 Å². The van der Waals surface area contributed by atoms with Crippen molar-refractivity contribution < 1.29 is 5.11 Å². The lowest BCUT2D eigenvalue weighted by Crippen LogP contribution is -2.21. The van der Waals surface area contributed by atoms with Crippen molar-refractivity contribution >= 4 is 0 Å². The van der Waals surface area contributed by atoms with Crippen LogP contribution in [0.5, 0.6) is 0 Å². The number of aliphatic hydroxyl groups excluding tert-OH is 1. The molecule has 0 radical (unpaired) electrons. The van der Waals surface area contributed by atoms with Gasteiger partial charge in [0, 0.05) is 13.0 Å². The maximum Gasteiger partial charge on any atom is 0.108 e. The molecule has 2 heterocycles. The molecule has 0 spiro atoms. The molecule has 4 heteroatoms. The molecule has 72 valence electrons. The van der Waals surface area contributed by atoms with Crippen molar-refractivity contribution in [1.29, 1.82) is 0 Å². The second-order valence-corrected chi connectivity index (χ2v) is 3.50. The van der Waals surface area contributed by atoms with E-state index in [2.05, 4.69) is 9.55 Å². The highest BCUT2D eigenvalue weighted by atomic mass is 16.3. The van der Waals surface area contributed by atoms with E-state index in [1.807, 2.05) is 0 Å². The number of fused-ring (bicyclic) bond motifs is 1. The molecule has 0 saturated carbocycles. The summed E-state index contributed by atoms with van der Waals surface area (Å²) in [6, 6.07) is -0.278. The third kappa shape index (κ3) is 1.47. The average molecular weight is 181 g/mol. The number of hydrogen-bond donors (Lipinski definition) is 2. The first-order valence-corrected chi connectivity index (χ1v) is 4.73. The summed E-state index contributed by atoms with van der Waals surface area (Å²) in [6.45, 7) is 0.990. The molecule has 1 aromatic rings. The van der Waals surface area contributed by atoms with E-state index in [0.29, 0.717) is 0 Å². The summed E-state index contributed by atoms with van der Waals surface area (Å²) in [5, 5.41) is 8.94. The van der Waals surface area contributed by atoms with Crippen LogP contribution in [0.4, 0.5) is 0 Å². The maximum absolute atomic E-state index is 8.94. The number of aliphatic hydroxyl groups is 1. The number of rotatable bonds is 2. The lowest BCUT2D eigenvalue weighted by atomic mass is 10.1. The molecule has 1 aromatic heterocycles. The van der Waals surface area contributed by atoms with Crippen molar-refractivity contribution in [3.8, 4) is 0 Å². The van der Waals surface area contributed by atoms with Crippen LogP contribution in [0.3, 0.4) is 0 Å². The number of nitrogens with two attached hydrogens (primary N) is 1. The van der Waals surface area contributed by atoms with Crippen LogP contribution in [0.1, 0.15) is 30.4 Å². The Morgan fingerprint density at radius 2 is 2.46 bits per heavy atom. The van der Waals surface area contributed by atoms with Crippen LogP contribution in [-0.4, -0.2) is 21.3 Å². The van der Waals surface area contributed by atoms with Crippen molar-refractivity contribution in [3.63, 3.8) is 0 Å². The van der Waals surface area contributed by atoms with E-state index in [4.69, 9.17) is 10.8 Å². The molecule has 1 aliphatic heterocycles. The fourth-order valence-electron chi connectivity index (χ4n) is 1.83.